The molecule has 1 aromatic rings. The van der Waals surface area contributed by atoms with E-state index in [-0.39, 0.29) is 7.12 Å². The SMILES string of the molecule is C/C=C/B1Oc2ccccc2O1. The standard InChI is InChI=1S/C9H9BO2/c1-2-7-10-11-8-5-3-4-6-9(8)12-10/h2-7H,1H3/b7-2+. The van der Waals surface area contributed by atoms with Crippen LogP contribution in [0.5, 0.6) is 11.5 Å². The number of hydrogen-bond donors (Lipinski definition) is 0. The average Bonchev–Trinajstić information content (AvgIpc) is 2.47. The Morgan fingerprint density at radius 3 is 2.25 bits per heavy atom. The summed E-state index contributed by atoms with van der Waals surface area (Å²) in [6, 6.07) is 7.66. The van der Waals surface area contributed by atoms with E-state index in [0.717, 1.165) is 11.5 Å². The fourth-order valence-corrected chi connectivity index (χ4v) is 1.15. The topological polar surface area (TPSA) is 18.5 Å². The van der Waals surface area contributed by atoms with E-state index in [2.05, 4.69) is 0 Å². The first-order chi connectivity index (χ1) is 5.90. The second-order valence-corrected chi connectivity index (χ2v) is 2.58. The predicted octanol–water partition coefficient (Wildman–Crippen LogP) is 2.06. The highest BCUT2D eigenvalue weighted by atomic mass is 16.6. The lowest BCUT2D eigenvalue weighted by Crippen LogP contribution is -2.21. The fourth-order valence-electron chi connectivity index (χ4n) is 1.15. The van der Waals surface area contributed by atoms with Crippen LogP contribution in [-0.2, 0) is 0 Å². The summed E-state index contributed by atoms with van der Waals surface area (Å²) in [4.78, 5) is 0. The van der Waals surface area contributed by atoms with E-state index in [1.807, 2.05) is 43.2 Å². The fraction of sp³-hybridized carbons (Fsp3) is 0.111. The predicted molar refractivity (Wildman–Crippen MR) is 48.3 cm³/mol. The molecular formula is C9H9BO2. The normalized spacial score (nSPS) is 14.2. The number of benzene rings is 1. The highest BCUT2D eigenvalue weighted by Gasteiger charge is 2.27. The Hall–Kier alpha value is -1.38. The van der Waals surface area contributed by atoms with Crippen LogP contribution in [0.1, 0.15) is 6.92 Å². The van der Waals surface area contributed by atoms with Crippen LogP contribution in [0.4, 0.5) is 0 Å². The van der Waals surface area contributed by atoms with Gasteiger partial charge in [-0.15, -0.1) is 0 Å². The molecule has 0 unspecified atom stereocenters. The molecule has 0 N–H and O–H groups in total. The van der Waals surface area contributed by atoms with Gasteiger partial charge in [-0.1, -0.05) is 18.2 Å². The molecule has 3 heteroatoms. The molecule has 0 fully saturated rings. The third kappa shape index (κ3) is 1.18. The Morgan fingerprint density at radius 2 is 1.75 bits per heavy atom. The van der Waals surface area contributed by atoms with Gasteiger partial charge in [0.25, 0.3) is 0 Å². The Bertz CT molecular complexity index is 284. The van der Waals surface area contributed by atoms with Crippen LogP contribution in [0.25, 0.3) is 0 Å². The van der Waals surface area contributed by atoms with Gasteiger partial charge in [-0.05, 0) is 25.0 Å². The smallest absolute Gasteiger partial charge is 0.520 e. The van der Waals surface area contributed by atoms with Crippen molar-refractivity contribution in [2.45, 2.75) is 6.92 Å². The molecule has 0 saturated heterocycles. The maximum absolute atomic E-state index is 5.44. The van der Waals surface area contributed by atoms with Crippen LogP contribution in [0.15, 0.2) is 36.3 Å². The molecule has 0 saturated carbocycles. The van der Waals surface area contributed by atoms with Gasteiger partial charge in [-0.3, -0.25) is 0 Å². The molecule has 0 spiro atoms. The van der Waals surface area contributed by atoms with Crippen LogP contribution in [0.2, 0.25) is 0 Å². The number of para-hydroxylation sites is 2. The lowest BCUT2D eigenvalue weighted by molar-refractivity contribution is 0.517. The molecule has 1 aromatic carbocycles. The van der Waals surface area contributed by atoms with E-state index in [0.29, 0.717) is 0 Å². The average molecular weight is 160 g/mol. The van der Waals surface area contributed by atoms with Crippen molar-refractivity contribution in [1.29, 1.82) is 0 Å². The van der Waals surface area contributed by atoms with E-state index < -0.39 is 0 Å². The van der Waals surface area contributed by atoms with Crippen LogP contribution in [0, 0.1) is 0 Å². The van der Waals surface area contributed by atoms with Crippen LogP contribution < -0.4 is 9.31 Å². The summed E-state index contributed by atoms with van der Waals surface area (Å²) in [6.07, 6.45) is 1.91. The van der Waals surface area contributed by atoms with Gasteiger partial charge < -0.3 is 9.31 Å². The van der Waals surface area contributed by atoms with Gasteiger partial charge in [-0.25, -0.2) is 0 Å². The third-order valence-corrected chi connectivity index (χ3v) is 1.68. The quantitative estimate of drug-likeness (QED) is 0.585. The van der Waals surface area contributed by atoms with Crippen LogP contribution in [-0.4, -0.2) is 7.12 Å². The molecule has 60 valence electrons. The maximum Gasteiger partial charge on any atom is 0.624 e. The molecule has 0 atom stereocenters. The van der Waals surface area contributed by atoms with Crippen molar-refractivity contribution in [3.63, 3.8) is 0 Å². The van der Waals surface area contributed by atoms with Crippen molar-refractivity contribution in [3.8, 4) is 11.5 Å². The zero-order valence-corrected chi connectivity index (χ0v) is 6.86. The van der Waals surface area contributed by atoms with Gasteiger partial charge in [0.2, 0.25) is 0 Å². The van der Waals surface area contributed by atoms with E-state index in [1.165, 1.54) is 0 Å². The molecule has 0 amide bonds. The largest absolute Gasteiger partial charge is 0.624 e. The molecule has 0 aliphatic carbocycles. The molecule has 0 bridgehead atoms. The zero-order chi connectivity index (χ0) is 8.39. The number of hydrogen-bond acceptors (Lipinski definition) is 2. The Labute approximate surface area is 72.0 Å². The zero-order valence-electron chi connectivity index (χ0n) is 6.86. The Kier molecular flexibility index (Phi) is 1.78. The van der Waals surface area contributed by atoms with Crippen molar-refractivity contribution < 1.29 is 9.31 Å². The van der Waals surface area contributed by atoms with Gasteiger partial charge >= 0.3 is 7.12 Å². The summed E-state index contributed by atoms with van der Waals surface area (Å²) in [5, 5.41) is 0. The first kappa shape index (κ1) is 7.28. The minimum absolute atomic E-state index is 0.243. The minimum atomic E-state index is -0.243. The van der Waals surface area contributed by atoms with E-state index in [9.17, 15) is 0 Å². The molecule has 2 nitrogen and oxygen atoms in total. The summed E-state index contributed by atoms with van der Waals surface area (Å²) in [7, 11) is -0.243. The molecule has 1 heterocycles. The molecular weight excluding hydrogens is 151 g/mol. The second kappa shape index (κ2) is 2.93. The van der Waals surface area contributed by atoms with Crippen molar-refractivity contribution in [3.05, 3.63) is 36.3 Å². The summed E-state index contributed by atoms with van der Waals surface area (Å²) in [5.41, 5.74) is 0. The van der Waals surface area contributed by atoms with E-state index in [1.54, 1.807) is 0 Å². The highest BCUT2D eigenvalue weighted by Crippen LogP contribution is 2.32. The van der Waals surface area contributed by atoms with Crippen molar-refractivity contribution >= 4 is 7.12 Å². The molecule has 1 aliphatic rings. The molecule has 2 rings (SSSR count). The van der Waals surface area contributed by atoms with Crippen molar-refractivity contribution in [2.75, 3.05) is 0 Å². The summed E-state index contributed by atoms with van der Waals surface area (Å²) >= 11 is 0. The lowest BCUT2D eigenvalue weighted by atomic mass is 9.91. The highest BCUT2D eigenvalue weighted by molar-refractivity contribution is 6.53. The molecule has 1 aliphatic heterocycles. The second-order valence-electron chi connectivity index (χ2n) is 2.58. The van der Waals surface area contributed by atoms with Gasteiger partial charge in [0.1, 0.15) is 11.5 Å². The summed E-state index contributed by atoms with van der Waals surface area (Å²) in [6.45, 7) is 1.94. The number of rotatable bonds is 1. The van der Waals surface area contributed by atoms with Gasteiger partial charge in [-0.2, -0.15) is 0 Å². The monoisotopic (exact) mass is 160 g/mol. The number of allylic oxidation sites excluding steroid dienone is 1. The first-order valence-corrected chi connectivity index (χ1v) is 3.95. The van der Waals surface area contributed by atoms with Gasteiger partial charge in [0.15, 0.2) is 0 Å². The van der Waals surface area contributed by atoms with E-state index in [4.69, 9.17) is 9.31 Å². The lowest BCUT2D eigenvalue weighted by Gasteiger charge is -1.95. The van der Waals surface area contributed by atoms with Crippen LogP contribution in [0.3, 0.4) is 0 Å². The molecule has 0 aromatic heterocycles. The third-order valence-electron chi connectivity index (χ3n) is 1.68. The number of fused-ring (bicyclic) bond motifs is 1. The first-order valence-electron chi connectivity index (χ1n) is 3.95. The maximum atomic E-state index is 5.44. The molecule has 12 heavy (non-hydrogen) atoms. The molecule has 0 radical (unpaired) electrons. The summed E-state index contributed by atoms with van der Waals surface area (Å²) in [5.74, 6) is 3.52. The summed E-state index contributed by atoms with van der Waals surface area (Å²) < 4.78 is 10.9. The van der Waals surface area contributed by atoms with Gasteiger partial charge in [0, 0.05) is 0 Å². The van der Waals surface area contributed by atoms with Crippen molar-refractivity contribution in [1.82, 2.24) is 0 Å². The van der Waals surface area contributed by atoms with Gasteiger partial charge in [0.05, 0.1) is 0 Å². The van der Waals surface area contributed by atoms with E-state index >= 15 is 0 Å². The van der Waals surface area contributed by atoms with Crippen molar-refractivity contribution in [2.24, 2.45) is 0 Å². The van der Waals surface area contributed by atoms with Crippen LogP contribution >= 0.6 is 0 Å². The Balaban J connectivity index is 2.22. The Morgan fingerprint density at radius 1 is 1.17 bits per heavy atom. The minimum Gasteiger partial charge on any atom is -0.520 e.